The summed E-state index contributed by atoms with van der Waals surface area (Å²) in [6, 6.07) is 26.9. The molecule has 13 nitrogen and oxygen atoms in total. The molecule has 57 heavy (non-hydrogen) atoms. The van der Waals surface area contributed by atoms with Crippen molar-refractivity contribution in [1.82, 2.24) is 30.7 Å². The molecule has 0 bridgehead atoms. The molecule has 0 aliphatic carbocycles. The number of amides is 2. The molecule has 4 aromatic carbocycles. The summed E-state index contributed by atoms with van der Waals surface area (Å²) in [5.41, 5.74) is 19.8. The Kier molecular flexibility index (Phi) is 11.7. The lowest BCUT2D eigenvalue weighted by Crippen LogP contribution is -2.56. The summed E-state index contributed by atoms with van der Waals surface area (Å²) in [7, 11) is 0. The van der Waals surface area contributed by atoms with Gasteiger partial charge in [-0.3, -0.25) is 15.0 Å². The predicted molar refractivity (Wildman–Crippen MR) is 219 cm³/mol. The molecule has 2 amide bonds. The Morgan fingerprint density at radius 2 is 1.60 bits per heavy atom. The van der Waals surface area contributed by atoms with Crippen LogP contribution in [0.4, 0.5) is 0 Å². The van der Waals surface area contributed by atoms with Crippen LogP contribution in [-0.4, -0.2) is 68.1 Å². The van der Waals surface area contributed by atoms with Crippen molar-refractivity contribution in [2.75, 3.05) is 13.1 Å². The first kappa shape index (κ1) is 38.8. The summed E-state index contributed by atoms with van der Waals surface area (Å²) in [6.45, 7) is 4.78. The number of phenolic OH excluding ortho intramolecular Hbond substituents is 1. The van der Waals surface area contributed by atoms with Gasteiger partial charge in [0.1, 0.15) is 17.8 Å². The van der Waals surface area contributed by atoms with E-state index in [-0.39, 0.29) is 29.9 Å². The SMILES string of the molecule is Cc1cc(O)cc(C)c1C[C@H](NC(=O)[C@H](N)C1CCN(C(=N)N)CC1)C(=O)N[C@@H](Cc1c[nH]c2ccccc12)c1nc(Cc2ccc(-c3ccccc3)cc2)no1. The van der Waals surface area contributed by atoms with Gasteiger partial charge in [-0.1, -0.05) is 78.0 Å². The van der Waals surface area contributed by atoms with Gasteiger partial charge < -0.3 is 41.6 Å². The number of para-hydroxylation sites is 1. The van der Waals surface area contributed by atoms with E-state index in [9.17, 15) is 14.7 Å². The number of aromatic amines is 1. The summed E-state index contributed by atoms with van der Waals surface area (Å²) < 4.78 is 5.88. The van der Waals surface area contributed by atoms with Gasteiger partial charge in [0.15, 0.2) is 11.8 Å². The van der Waals surface area contributed by atoms with E-state index in [4.69, 9.17) is 26.4 Å². The molecule has 13 heteroatoms. The molecule has 3 heterocycles. The fourth-order valence-electron chi connectivity index (χ4n) is 7.79. The van der Waals surface area contributed by atoms with Crippen LogP contribution >= 0.6 is 0 Å². The van der Waals surface area contributed by atoms with Gasteiger partial charge in [0.2, 0.25) is 17.7 Å². The number of guanidine groups is 1. The maximum absolute atomic E-state index is 14.6. The highest BCUT2D eigenvalue weighted by Crippen LogP contribution is 2.27. The molecule has 0 unspecified atom stereocenters. The number of nitrogens with zero attached hydrogens (tertiary/aromatic N) is 3. The van der Waals surface area contributed by atoms with E-state index in [1.54, 1.807) is 17.0 Å². The van der Waals surface area contributed by atoms with Gasteiger partial charge in [0.25, 0.3) is 0 Å². The molecule has 1 aliphatic rings. The fraction of sp³-hybridized carbons (Fsp3) is 0.295. The molecule has 1 saturated heterocycles. The number of likely N-dealkylation sites (tertiary alicyclic amines) is 1. The van der Waals surface area contributed by atoms with Crippen LogP contribution in [0.25, 0.3) is 22.0 Å². The van der Waals surface area contributed by atoms with Crippen LogP contribution in [-0.2, 0) is 28.9 Å². The van der Waals surface area contributed by atoms with Crippen molar-refractivity contribution in [3.63, 3.8) is 0 Å². The number of aryl methyl sites for hydroxylation is 2. The lowest BCUT2D eigenvalue weighted by Gasteiger charge is -2.34. The molecule has 7 rings (SSSR count). The third-order valence-corrected chi connectivity index (χ3v) is 11.0. The highest BCUT2D eigenvalue weighted by atomic mass is 16.5. The number of carbonyl (C=O) groups excluding carboxylic acids is 2. The number of phenols is 1. The zero-order valence-corrected chi connectivity index (χ0v) is 32.2. The van der Waals surface area contributed by atoms with Crippen LogP contribution < -0.4 is 22.1 Å². The zero-order valence-electron chi connectivity index (χ0n) is 32.2. The number of aromatic nitrogens is 3. The molecular weight excluding hydrogens is 719 g/mol. The number of nitrogens with one attached hydrogen (secondary N) is 4. The number of hydrogen-bond acceptors (Lipinski definition) is 8. The molecule has 2 aromatic heterocycles. The monoisotopic (exact) mass is 767 g/mol. The van der Waals surface area contributed by atoms with E-state index < -0.39 is 29.9 Å². The minimum Gasteiger partial charge on any atom is -0.508 e. The Morgan fingerprint density at radius 1 is 0.930 bits per heavy atom. The van der Waals surface area contributed by atoms with Crippen molar-refractivity contribution in [2.24, 2.45) is 17.4 Å². The second-order valence-corrected chi connectivity index (χ2v) is 15.0. The number of hydrogen-bond donors (Lipinski definition) is 7. The quantitative estimate of drug-likeness (QED) is 0.0608. The van der Waals surface area contributed by atoms with Gasteiger partial charge in [-0.05, 0) is 89.8 Å². The number of nitrogens with two attached hydrogens (primary N) is 2. The third-order valence-electron chi connectivity index (χ3n) is 11.0. The minimum absolute atomic E-state index is 0.00380. The van der Waals surface area contributed by atoms with Gasteiger partial charge in [0.05, 0.1) is 6.04 Å². The molecular formula is C44H49N9O4. The Labute approximate surface area is 331 Å². The molecule has 0 spiro atoms. The number of carbonyl (C=O) groups is 2. The van der Waals surface area contributed by atoms with Gasteiger partial charge in [0, 0.05) is 49.5 Å². The van der Waals surface area contributed by atoms with Crippen LogP contribution in [0.3, 0.4) is 0 Å². The largest absolute Gasteiger partial charge is 0.508 e. The number of fused-ring (bicyclic) bond motifs is 1. The molecule has 0 saturated carbocycles. The Morgan fingerprint density at radius 3 is 2.30 bits per heavy atom. The van der Waals surface area contributed by atoms with Gasteiger partial charge in [-0.15, -0.1) is 0 Å². The fourth-order valence-corrected chi connectivity index (χ4v) is 7.79. The molecule has 1 fully saturated rings. The van der Waals surface area contributed by atoms with Gasteiger partial charge >= 0.3 is 0 Å². The first-order chi connectivity index (χ1) is 27.5. The summed E-state index contributed by atoms with van der Waals surface area (Å²) in [6.07, 6.45) is 3.99. The molecule has 1 aliphatic heterocycles. The average Bonchev–Trinajstić information content (AvgIpc) is 3.86. The summed E-state index contributed by atoms with van der Waals surface area (Å²) in [5.74, 6) is -0.223. The van der Waals surface area contributed by atoms with Gasteiger partial charge in [-0.25, -0.2) is 0 Å². The van der Waals surface area contributed by atoms with E-state index in [0.29, 0.717) is 44.6 Å². The Bertz CT molecular complexity index is 2320. The van der Waals surface area contributed by atoms with E-state index in [0.717, 1.165) is 49.8 Å². The van der Waals surface area contributed by atoms with E-state index in [2.05, 4.69) is 45.0 Å². The van der Waals surface area contributed by atoms with Crippen LogP contribution in [0.1, 0.15) is 58.4 Å². The van der Waals surface area contributed by atoms with Crippen LogP contribution in [0.2, 0.25) is 0 Å². The van der Waals surface area contributed by atoms with Crippen molar-refractivity contribution in [1.29, 1.82) is 5.41 Å². The molecule has 0 radical (unpaired) electrons. The highest BCUT2D eigenvalue weighted by molar-refractivity contribution is 5.90. The highest BCUT2D eigenvalue weighted by Gasteiger charge is 2.34. The second-order valence-electron chi connectivity index (χ2n) is 15.0. The first-order valence-electron chi connectivity index (χ1n) is 19.3. The van der Waals surface area contributed by atoms with E-state index in [1.165, 1.54) is 0 Å². The van der Waals surface area contributed by atoms with Crippen LogP contribution in [0.15, 0.2) is 102 Å². The normalized spacial score (nSPS) is 14.9. The van der Waals surface area contributed by atoms with E-state index >= 15 is 0 Å². The van der Waals surface area contributed by atoms with Crippen LogP contribution in [0, 0.1) is 25.2 Å². The number of rotatable bonds is 13. The minimum atomic E-state index is -1.03. The smallest absolute Gasteiger partial charge is 0.249 e. The summed E-state index contributed by atoms with van der Waals surface area (Å²) >= 11 is 0. The van der Waals surface area contributed by atoms with Crippen molar-refractivity contribution in [2.45, 2.75) is 64.1 Å². The maximum atomic E-state index is 14.6. The Hall–Kier alpha value is -6.47. The van der Waals surface area contributed by atoms with Gasteiger partial charge in [-0.2, -0.15) is 4.98 Å². The summed E-state index contributed by atoms with van der Waals surface area (Å²) in [4.78, 5) is 38.2. The molecule has 9 N–H and O–H groups in total. The topological polar surface area (TPSA) is 212 Å². The van der Waals surface area contributed by atoms with E-state index in [1.807, 2.05) is 74.6 Å². The van der Waals surface area contributed by atoms with Crippen molar-refractivity contribution in [3.8, 4) is 16.9 Å². The lowest BCUT2D eigenvalue weighted by molar-refractivity contribution is -0.131. The van der Waals surface area contributed by atoms with Crippen LogP contribution in [0.5, 0.6) is 5.75 Å². The number of H-pyrrole nitrogens is 1. The standard InChI is InChI=1S/C44H49N9O4/c1-26-20-33(54)21-27(2)35(26)24-37(49-42(56)40(45)31-16-18-53(19-17-31)44(46)47)41(55)50-38(23-32-25-48-36-11-7-6-10-34(32)36)43-51-39(52-57-43)22-28-12-14-30(15-13-28)29-8-4-3-5-9-29/h3-15,20-21,25,31,37-38,40,48,54H,16-19,22-24,45H2,1-2H3,(H3,46,47)(H,49,56)(H,50,55)/t37-,38-,40+/m0/s1. The average molecular weight is 768 g/mol. The lowest BCUT2D eigenvalue weighted by atomic mass is 9.89. The maximum Gasteiger partial charge on any atom is 0.249 e. The van der Waals surface area contributed by atoms with Crippen molar-refractivity contribution >= 4 is 28.7 Å². The summed E-state index contributed by atoms with van der Waals surface area (Å²) in [5, 5.41) is 29.5. The molecule has 3 atom stereocenters. The predicted octanol–water partition coefficient (Wildman–Crippen LogP) is 5.19. The van der Waals surface area contributed by atoms with Crippen molar-refractivity contribution in [3.05, 3.63) is 137 Å². The number of benzene rings is 4. The zero-order chi connectivity index (χ0) is 40.1. The third kappa shape index (κ3) is 9.16. The Balaban J connectivity index is 1.15. The first-order valence-corrected chi connectivity index (χ1v) is 19.3. The number of aromatic hydroxyl groups is 1. The molecule has 294 valence electrons. The van der Waals surface area contributed by atoms with Crippen molar-refractivity contribution < 1.29 is 19.2 Å². The number of piperidine rings is 1. The molecule has 6 aromatic rings. The second kappa shape index (κ2) is 17.1.